The standard InChI is InChI=1S/C23H30ClFN4O4S/c1-5-14-26-23(31)17(2)28(15-18-8-6-7-9-21(18)24)22(30)16-29(34(32,33)27(3)4)20-12-10-19(25)11-13-20/h6-13,17H,5,14-16H2,1-4H3,(H,26,31)/t17-/m1/s1. The molecule has 2 rings (SSSR count). The van der Waals surface area contributed by atoms with E-state index in [1.54, 1.807) is 31.2 Å². The molecule has 0 heterocycles. The molecule has 2 amide bonds. The Morgan fingerprint density at radius 3 is 2.26 bits per heavy atom. The summed E-state index contributed by atoms with van der Waals surface area (Å²) in [7, 11) is -1.44. The summed E-state index contributed by atoms with van der Waals surface area (Å²) in [5.74, 6) is -1.53. The largest absolute Gasteiger partial charge is 0.354 e. The van der Waals surface area contributed by atoms with Gasteiger partial charge < -0.3 is 10.2 Å². The highest BCUT2D eigenvalue weighted by atomic mass is 35.5. The number of rotatable bonds is 11. The molecule has 1 N–H and O–H groups in total. The number of amides is 2. The second kappa shape index (κ2) is 12.1. The van der Waals surface area contributed by atoms with Gasteiger partial charge >= 0.3 is 10.2 Å². The first-order chi connectivity index (χ1) is 16.0. The maximum Gasteiger partial charge on any atom is 0.304 e. The molecule has 34 heavy (non-hydrogen) atoms. The van der Waals surface area contributed by atoms with E-state index < -0.39 is 34.5 Å². The smallest absolute Gasteiger partial charge is 0.304 e. The summed E-state index contributed by atoms with van der Waals surface area (Å²) >= 11 is 6.28. The summed E-state index contributed by atoms with van der Waals surface area (Å²) in [5.41, 5.74) is 0.723. The molecule has 2 aromatic carbocycles. The average molecular weight is 513 g/mol. The fraction of sp³-hybridized carbons (Fsp3) is 0.391. The van der Waals surface area contributed by atoms with Gasteiger partial charge in [0.15, 0.2) is 0 Å². The molecule has 11 heteroatoms. The van der Waals surface area contributed by atoms with Gasteiger partial charge in [-0.2, -0.15) is 12.7 Å². The minimum atomic E-state index is -4.10. The van der Waals surface area contributed by atoms with E-state index in [4.69, 9.17) is 11.6 Å². The van der Waals surface area contributed by atoms with Gasteiger partial charge in [-0.05, 0) is 49.2 Å². The van der Waals surface area contributed by atoms with Crippen LogP contribution in [0.3, 0.4) is 0 Å². The van der Waals surface area contributed by atoms with Gasteiger partial charge in [0.25, 0.3) is 0 Å². The molecule has 0 radical (unpaired) electrons. The molecule has 0 aromatic heterocycles. The van der Waals surface area contributed by atoms with Crippen LogP contribution in [-0.4, -0.2) is 62.7 Å². The van der Waals surface area contributed by atoms with E-state index in [0.29, 0.717) is 17.1 Å². The SMILES string of the molecule is CCCNC(=O)[C@@H](C)N(Cc1ccccc1Cl)C(=O)CN(c1ccc(F)cc1)S(=O)(=O)N(C)C. The Balaban J connectivity index is 2.44. The fourth-order valence-electron chi connectivity index (χ4n) is 3.11. The number of halogens is 2. The molecular weight excluding hydrogens is 483 g/mol. The number of nitrogens with zero attached hydrogens (tertiary/aromatic N) is 3. The van der Waals surface area contributed by atoms with E-state index in [9.17, 15) is 22.4 Å². The van der Waals surface area contributed by atoms with Crippen molar-refractivity contribution in [2.75, 3.05) is 31.5 Å². The quantitative estimate of drug-likeness (QED) is 0.501. The maximum absolute atomic E-state index is 13.5. The molecule has 0 aliphatic rings. The van der Waals surface area contributed by atoms with E-state index in [2.05, 4.69) is 5.32 Å². The van der Waals surface area contributed by atoms with Crippen molar-refractivity contribution in [3.8, 4) is 0 Å². The highest BCUT2D eigenvalue weighted by molar-refractivity contribution is 7.90. The van der Waals surface area contributed by atoms with Gasteiger partial charge in [0.2, 0.25) is 11.8 Å². The maximum atomic E-state index is 13.5. The van der Waals surface area contributed by atoms with Crippen molar-refractivity contribution in [3.05, 3.63) is 64.9 Å². The van der Waals surface area contributed by atoms with Crippen LogP contribution in [0, 0.1) is 5.82 Å². The van der Waals surface area contributed by atoms with Gasteiger partial charge in [0.1, 0.15) is 18.4 Å². The lowest BCUT2D eigenvalue weighted by Gasteiger charge is -2.33. The van der Waals surface area contributed by atoms with Crippen LogP contribution < -0.4 is 9.62 Å². The van der Waals surface area contributed by atoms with Crippen molar-refractivity contribution in [2.45, 2.75) is 32.9 Å². The third kappa shape index (κ3) is 6.91. The number of benzene rings is 2. The minimum Gasteiger partial charge on any atom is -0.354 e. The lowest BCUT2D eigenvalue weighted by molar-refractivity contribution is -0.139. The average Bonchev–Trinajstić information content (AvgIpc) is 2.80. The van der Waals surface area contributed by atoms with Gasteiger partial charge in [0, 0.05) is 32.2 Å². The van der Waals surface area contributed by atoms with E-state index in [1.165, 1.54) is 31.1 Å². The second-order valence-electron chi connectivity index (χ2n) is 7.85. The van der Waals surface area contributed by atoms with Crippen molar-refractivity contribution >= 4 is 39.3 Å². The predicted octanol–water partition coefficient (Wildman–Crippen LogP) is 3.04. The molecule has 8 nitrogen and oxygen atoms in total. The van der Waals surface area contributed by atoms with Gasteiger partial charge in [-0.1, -0.05) is 36.7 Å². The Labute approximate surface area is 205 Å². The number of hydrogen-bond acceptors (Lipinski definition) is 4. The first kappa shape index (κ1) is 27.6. The molecule has 0 bridgehead atoms. The minimum absolute atomic E-state index is 0.00150. The van der Waals surface area contributed by atoms with Crippen LogP contribution in [0.2, 0.25) is 5.02 Å². The van der Waals surface area contributed by atoms with Crippen LogP contribution in [0.4, 0.5) is 10.1 Å². The zero-order chi connectivity index (χ0) is 25.5. The monoisotopic (exact) mass is 512 g/mol. The van der Waals surface area contributed by atoms with Crippen LogP contribution in [-0.2, 0) is 26.3 Å². The molecule has 0 fully saturated rings. The van der Waals surface area contributed by atoms with Gasteiger partial charge in [-0.3, -0.25) is 9.59 Å². The third-order valence-electron chi connectivity index (χ3n) is 5.15. The lowest BCUT2D eigenvalue weighted by atomic mass is 10.1. The van der Waals surface area contributed by atoms with Gasteiger partial charge in [0.05, 0.1) is 5.69 Å². The second-order valence-corrected chi connectivity index (χ2v) is 10.3. The summed E-state index contributed by atoms with van der Waals surface area (Å²) in [5, 5.41) is 3.17. The Bertz CT molecular complexity index is 1100. The fourth-order valence-corrected chi connectivity index (χ4v) is 4.36. The molecule has 0 saturated carbocycles. The van der Waals surface area contributed by atoms with Crippen LogP contribution in [0.15, 0.2) is 48.5 Å². The lowest BCUT2D eigenvalue weighted by Crippen LogP contribution is -2.52. The Kier molecular flexibility index (Phi) is 9.84. The molecule has 0 aliphatic carbocycles. The Morgan fingerprint density at radius 2 is 1.71 bits per heavy atom. The van der Waals surface area contributed by atoms with E-state index in [-0.39, 0.29) is 18.1 Å². The van der Waals surface area contributed by atoms with Crippen molar-refractivity contribution in [2.24, 2.45) is 0 Å². The van der Waals surface area contributed by atoms with E-state index in [0.717, 1.165) is 27.2 Å². The van der Waals surface area contributed by atoms with Crippen molar-refractivity contribution < 1.29 is 22.4 Å². The zero-order valence-corrected chi connectivity index (χ0v) is 21.2. The normalized spacial score (nSPS) is 12.3. The Hall–Kier alpha value is -2.69. The molecular formula is C23H30ClFN4O4S. The van der Waals surface area contributed by atoms with Crippen LogP contribution in [0.25, 0.3) is 0 Å². The summed E-state index contributed by atoms with van der Waals surface area (Å²) in [4.78, 5) is 27.5. The molecule has 2 aromatic rings. The first-order valence-electron chi connectivity index (χ1n) is 10.7. The van der Waals surface area contributed by atoms with Crippen LogP contribution >= 0.6 is 11.6 Å². The van der Waals surface area contributed by atoms with Gasteiger partial charge in [-0.15, -0.1) is 0 Å². The molecule has 0 spiro atoms. The van der Waals surface area contributed by atoms with Crippen molar-refractivity contribution in [3.63, 3.8) is 0 Å². The molecule has 0 saturated heterocycles. The number of anilines is 1. The topological polar surface area (TPSA) is 90.0 Å². The number of nitrogens with one attached hydrogen (secondary N) is 1. The van der Waals surface area contributed by atoms with Gasteiger partial charge in [-0.25, -0.2) is 8.70 Å². The predicted molar refractivity (Wildman–Crippen MR) is 131 cm³/mol. The summed E-state index contributed by atoms with van der Waals surface area (Å²) in [6.07, 6.45) is 0.719. The van der Waals surface area contributed by atoms with E-state index in [1.807, 2.05) is 6.92 Å². The van der Waals surface area contributed by atoms with Crippen molar-refractivity contribution in [1.29, 1.82) is 0 Å². The zero-order valence-electron chi connectivity index (χ0n) is 19.7. The summed E-state index contributed by atoms with van der Waals surface area (Å²) in [6.45, 7) is 3.32. The number of hydrogen-bond donors (Lipinski definition) is 1. The molecule has 0 unspecified atom stereocenters. The highest BCUT2D eigenvalue weighted by Crippen LogP contribution is 2.22. The van der Waals surface area contributed by atoms with E-state index >= 15 is 0 Å². The van der Waals surface area contributed by atoms with Crippen LogP contribution in [0.1, 0.15) is 25.8 Å². The van der Waals surface area contributed by atoms with Crippen LogP contribution in [0.5, 0.6) is 0 Å². The third-order valence-corrected chi connectivity index (χ3v) is 7.34. The summed E-state index contributed by atoms with van der Waals surface area (Å²) in [6, 6.07) is 10.8. The molecule has 1 atom stereocenters. The summed E-state index contributed by atoms with van der Waals surface area (Å²) < 4.78 is 41.3. The molecule has 186 valence electrons. The number of carbonyl (C=O) groups is 2. The molecule has 0 aliphatic heterocycles. The number of carbonyl (C=O) groups excluding carboxylic acids is 2. The highest BCUT2D eigenvalue weighted by Gasteiger charge is 2.32. The van der Waals surface area contributed by atoms with Crippen molar-refractivity contribution in [1.82, 2.24) is 14.5 Å². The Morgan fingerprint density at radius 1 is 1.09 bits per heavy atom. The first-order valence-corrected chi connectivity index (χ1v) is 12.5.